The molecule has 0 aliphatic carbocycles. The fourth-order valence-electron chi connectivity index (χ4n) is 2.07. The average molecular weight is 224 g/mol. The lowest BCUT2D eigenvalue weighted by atomic mass is 9.99. The lowest BCUT2D eigenvalue weighted by Crippen LogP contribution is -1.88. The molecule has 2 heteroatoms. The maximum Gasteiger partial charge on any atom is 0.101 e. The molecule has 1 N–H and O–H groups in total. The number of aromatic amines is 1. The average Bonchev–Trinajstić information content (AvgIpc) is 2.65. The molecule has 2 rings (SSSR count). The maximum absolute atomic E-state index is 8.98. The van der Waals surface area contributed by atoms with Gasteiger partial charge in [-0.3, -0.25) is 0 Å². The zero-order chi connectivity index (χ0) is 12.6. The minimum absolute atomic E-state index is 0.720. The molecule has 0 saturated carbocycles. The summed E-state index contributed by atoms with van der Waals surface area (Å²) in [7, 11) is 0. The highest BCUT2D eigenvalue weighted by atomic mass is 14.7. The molecule has 0 aliphatic rings. The van der Waals surface area contributed by atoms with E-state index in [0.29, 0.717) is 0 Å². The predicted octanol–water partition coefficient (Wildman–Crippen LogP) is 3.79. The molecule has 0 radical (unpaired) electrons. The summed E-state index contributed by atoms with van der Waals surface area (Å²) in [6.07, 6.45) is 0. The molecule has 17 heavy (non-hydrogen) atoms. The van der Waals surface area contributed by atoms with E-state index in [-0.39, 0.29) is 0 Å². The van der Waals surface area contributed by atoms with Gasteiger partial charge >= 0.3 is 0 Å². The Balaban J connectivity index is 2.61. The van der Waals surface area contributed by atoms with Gasteiger partial charge in [0.25, 0.3) is 0 Å². The second-order valence-electron chi connectivity index (χ2n) is 4.58. The number of aryl methyl sites for hydroxylation is 4. The second-order valence-corrected chi connectivity index (χ2v) is 4.58. The molecule has 1 aromatic carbocycles. The molecular formula is C15H16N2. The summed E-state index contributed by atoms with van der Waals surface area (Å²) in [6, 6.07) is 8.49. The molecule has 2 nitrogen and oxygen atoms in total. The fourth-order valence-corrected chi connectivity index (χ4v) is 2.07. The van der Waals surface area contributed by atoms with Gasteiger partial charge in [0.15, 0.2) is 0 Å². The zero-order valence-electron chi connectivity index (χ0n) is 10.7. The Bertz CT molecular complexity index is 613. The molecule has 0 fully saturated rings. The van der Waals surface area contributed by atoms with Gasteiger partial charge in [-0.05, 0) is 56.5 Å². The van der Waals surface area contributed by atoms with E-state index >= 15 is 0 Å². The van der Waals surface area contributed by atoms with E-state index in [4.69, 9.17) is 5.26 Å². The third kappa shape index (κ3) is 1.97. The second kappa shape index (κ2) is 4.10. The first kappa shape index (κ1) is 11.5. The fraction of sp³-hybridized carbons (Fsp3) is 0.267. The summed E-state index contributed by atoms with van der Waals surface area (Å²) in [4.78, 5) is 3.28. The van der Waals surface area contributed by atoms with Crippen molar-refractivity contribution in [2.45, 2.75) is 27.7 Å². The van der Waals surface area contributed by atoms with Crippen molar-refractivity contribution < 1.29 is 0 Å². The van der Waals surface area contributed by atoms with E-state index in [1.807, 2.05) is 13.0 Å². The number of H-pyrrole nitrogens is 1. The van der Waals surface area contributed by atoms with E-state index < -0.39 is 0 Å². The standard InChI is InChI=1S/C15H16N2/c1-9-5-11(3)14(6-10(9)2)15-7-13(8-16)12(4)17-15/h5-7,17H,1-4H3. The van der Waals surface area contributed by atoms with Gasteiger partial charge < -0.3 is 4.98 Å². The molecule has 0 spiro atoms. The Morgan fingerprint density at radius 2 is 1.59 bits per heavy atom. The van der Waals surface area contributed by atoms with Crippen LogP contribution in [0, 0.1) is 39.0 Å². The number of nitrogens with zero attached hydrogens (tertiary/aromatic N) is 1. The number of benzene rings is 1. The first-order valence-electron chi connectivity index (χ1n) is 5.71. The number of aromatic nitrogens is 1. The van der Waals surface area contributed by atoms with Crippen molar-refractivity contribution in [3.63, 3.8) is 0 Å². The highest BCUT2D eigenvalue weighted by Crippen LogP contribution is 2.27. The van der Waals surface area contributed by atoms with Gasteiger partial charge in [-0.2, -0.15) is 5.26 Å². The number of nitriles is 1. The molecule has 0 unspecified atom stereocenters. The topological polar surface area (TPSA) is 39.6 Å². The lowest BCUT2D eigenvalue weighted by molar-refractivity contribution is 1.23. The molecule has 2 aromatic rings. The van der Waals surface area contributed by atoms with Crippen LogP contribution in [0.1, 0.15) is 27.9 Å². The molecule has 0 amide bonds. The van der Waals surface area contributed by atoms with E-state index in [2.05, 4.69) is 44.0 Å². The Kier molecular flexibility index (Phi) is 2.77. The summed E-state index contributed by atoms with van der Waals surface area (Å²) >= 11 is 0. The molecule has 0 aliphatic heterocycles. The van der Waals surface area contributed by atoms with Crippen LogP contribution in [-0.4, -0.2) is 4.98 Å². The van der Waals surface area contributed by atoms with E-state index in [1.54, 1.807) is 0 Å². The Morgan fingerprint density at radius 3 is 2.18 bits per heavy atom. The highest BCUT2D eigenvalue weighted by molar-refractivity contribution is 5.68. The van der Waals surface area contributed by atoms with Gasteiger partial charge in [0, 0.05) is 17.0 Å². The Hall–Kier alpha value is -2.01. The van der Waals surface area contributed by atoms with E-state index in [9.17, 15) is 0 Å². The van der Waals surface area contributed by atoms with Crippen molar-refractivity contribution in [1.29, 1.82) is 5.26 Å². The normalized spacial score (nSPS) is 10.3. The minimum Gasteiger partial charge on any atom is -0.358 e. The summed E-state index contributed by atoms with van der Waals surface area (Å²) < 4.78 is 0. The van der Waals surface area contributed by atoms with Crippen LogP contribution in [0.3, 0.4) is 0 Å². The number of rotatable bonds is 1. The van der Waals surface area contributed by atoms with Crippen molar-refractivity contribution >= 4 is 0 Å². The van der Waals surface area contributed by atoms with Crippen LogP contribution < -0.4 is 0 Å². The first-order valence-corrected chi connectivity index (χ1v) is 5.71. The van der Waals surface area contributed by atoms with E-state index in [1.165, 1.54) is 22.3 Å². The van der Waals surface area contributed by atoms with E-state index in [0.717, 1.165) is 17.0 Å². The molecule has 86 valence electrons. The lowest BCUT2D eigenvalue weighted by Gasteiger charge is -2.08. The van der Waals surface area contributed by atoms with Crippen LogP contribution in [0.5, 0.6) is 0 Å². The Morgan fingerprint density at radius 1 is 0.941 bits per heavy atom. The molecule has 1 aromatic heterocycles. The first-order chi connectivity index (χ1) is 8.02. The summed E-state index contributed by atoms with van der Waals surface area (Å²) in [5.74, 6) is 0. The smallest absolute Gasteiger partial charge is 0.101 e. The van der Waals surface area contributed by atoms with Gasteiger partial charge in [0.05, 0.1) is 5.56 Å². The van der Waals surface area contributed by atoms with Crippen molar-refractivity contribution in [3.8, 4) is 17.3 Å². The zero-order valence-corrected chi connectivity index (χ0v) is 10.7. The van der Waals surface area contributed by atoms with Crippen molar-refractivity contribution in [2.75, 3.05) is 0 Å². The Labute approximate surface area is 102 Å². The van der Waals surface area contributed by atoms with Crippen molar-refractivity contribution in [2.24, 2.45) is 0 Å². The van der Waals surface area contributed by atoms with Crippen LogP contribution in [-0.2, 0) is 0 Å². The van der Waals surface area contributed by atoms with Gasteiger partial charge in [0.1, 0.15) is 6.07 Å². The minimum atomic E-state index is 0.720. The largest absolute Gasteiger partial charge is 0.358 e. The number of nitrogens with one attached hydrogen (secondary N) is 1. The summed E-state index contributed by atoms with van der Waals surface area (Å²) in [5.41, 5.74) is 7.67. The monoisotopic (exact) mass is 224 g/mol. The third-order valence-electron chi connectivity index (χ3n) is 3.27. The quantitative estimate of drug-likeness (QED) is 0.786. The van der Waals surface area contributed by atoms with Gasteiger partial charge in [-0.15, -0.1) is 0 Å². The highest BCUT2D eigenvalue weighted by Gasteiger charge is 2.09. The molecule has 0 saturated heterocycles. The number of hydrogen-bond donors (Lipinski definition) is 1. The van der Waals surface area contributed by atoms with Crippen molar-refractivity contribution in [1.82, 2.24) is 4.98 Å². The molecular weight excluding hydrogens is 208 g/mol. The van der Waals surface area contributed by atoms with Crippen molar-refractivity contribution in [3.05, 3.63) is 46.1 Å². The van der Waals surface area contributed by atoms with Crippen LogP contribution >= 0.6 is 0 Å². The van der Waals surface area contributed by atoms with Crippen LogP contribution in [0.15, 0.2) is 18.2 Å². The summed E-state index contributed by atoms with van der Waals surface area (Å²) in [5, 5.41) is 8.98. The van der Waals surface area contributed by atoms with Crippen LogP contribution in [0.4, 0.5) is 0 Å². The molecule has 0 atom stereocenters. The summed E-state index contributed by atoms with van der Waals surface area (Å²) in [6.45, 7) is 8.26. The van der Waals surface area contributed by atoms with Gasteiger partial charge in [0.2, 0.25) is 0 Å². The predicted molar refractivity (Wildman–Crippen MR) is 69.9 cm³/mol. The SMILES string of the molecule is Cc1cc(C)c(-c2cc(C#N)c(C)[nH]2)cc1C. The maximum atomic E-state index is 8.98. The van der Waals surface area contributed by atoms with Gasteiger partial charge in [-0.25, -0.2) is 0 Å². The third-order valence-corrected chi connectivity index (χ3v) is 3.27. The van der Waals surface area contributed by atoms with Crippen LogP contribution in [0.25, 0.3) is 11.3 Å². The molecule has 1 heterocycles. The van der Waals surface area contributed by atoms with Crippen LogP contribution in [0.2, 0.25) is 0 Å². The molecule has 0 bridgehead atoms. The van der Waals surface area contributed by atoms with Gasteiger partial charge in [-0.1, -0.05) is 6.07 Å². The number of hydrogen-bond acceptors (Lipinski definition) is 1.